The summed E-state index contributed by atoms with van der Waals surface area (Å²) >= 11 is 2.87. The van der Waals surface area contributed by atoms with Gasteiger partial charge < -0.3 is 5.11 Å². The Morgan fingerprint density at radius 2 is 1.75 bits per heavy atom. The van der Waals surface area contributed by atoms with E-state index in [1.165, 1.54) is 6.07 Å². The molecule has 0 bridgehead atoms. The molecule has 0 unspecified atom stereocenters. The van der Waals surface area contributed by atoms with Crippen LogP contribution in [0.4, 0.5) is 13.2 Å². The minimum atomic E-state index is -5.09. The number of hydrogen-bond donors (Lipinski definition) is 1. The summed E-state index contributed by atoms with van der Waals surface area (Å²) in [6, 6.07) is 3.02. The van der Waals surface area contributed by atoms with Crippen LogP contribution in [0.3, 0.4) is 0 Å². The number of carboxylic acids is 1. The fourth-order valence-electron chi connectivity index (χ4n) is 1.04. The highest BCUT2D eigenvalue weighted by molar-refractivity contribution is 9.10. The van der Waals surface area contributed by atoms with Crippen LogP contribution in [0.25, 0.3) is 0 Å². The zero-order valence-corrected chi connectivity index (χ0v) is 9.09. The van der Waals surface area contributed by atoms with Crippen LogP contribution in [0.1, 0.15) is 20.7 Å². The quantitative estimate of drug-likeness (QED) is 0.854. The summed E-state index contributed by atoms with van der Waals surface area (Å²) in [7, 11) is 0. The van der Waals surface area contributed by atoms with Crippen LogP contribution in [0, 0.1) is 0 Å². The lowest BCUT2D eigenvalue weighted by atomic mass is 10.0. The van der Waals surface area contributed by atoms with E-state index in [0.717, 1.165) is 12.1 Å². The minimum absolute atomic E-state index is 0.199. The second-order valence-electron chi connectivity index (χ2n) is 2.82. The zero-order chi connectivity index (χ0) is 12.5. The van der Waals surface area contributed by atoms with E-state index >= 15 is 0 Å². The molecule has 7 heteroatoms. The summed E-state index contributed by atoms with van der Waals surface area (Å²) in [5, 5.41) is 8.64. The summed E-state index contributed by atoms with van der Waals surface area (Å²) in [6.45, 7) is 0. The van der Waals surface area contributed by atoms with Gasteiger partial charge in [-0.15, -0.1) is 0 Å². The standard InChI is InChI=1S/C9H4BrF3O3/c10-4-1-2-5(8(15)16)6(3-4)7(14)9(11,12)13/h1-3H,(H,15,16). The van der Waals surface area contributed by atoms with Crippen molar-refractivity contribution in [2.24, 2.45) is 0 Å². The van der Waals surface area contributed by atoms with Gasteiger partial charge in [-0.1, -0.05) is 15.9 Å². The van der Waals surface area contributed by atoms with E-state index in [9.17, 15) is 22.8 Å². The van der Waals surface area contributed by atoms with Gasteiger partial charge in [-0.3, -0.25) is 4.79 Å². The lowest BCUT2D eigenvalue weighted by Crippen LogP contribution is -2.25. The van der Waals surface area contributed by atoms with E-state index in [1.54, 1.807) is 0 Å². The maximum absolute atomic E-state index is 12.2. The molecule has 3 nitrogen and oxygen atoms in total. The number of ketones is 1. The average Bonchev–Trinajstić information content (AvgIpc) is 2.14. The third kappa shape index (κ3) is 2.60. The molecule has 0 fully saturated rings. The molecule has 1 rings (SSSR count). The monoisotopic (exact) mass is 296 g/mol. The first kappa shape index (κ1) is 12.7. The molecule has 1 aromatic carbocycles. The minimum Gasteiger partial charge on any atom is -0.478 e. The Morgan fingerprint density at radius 1 is 1.19 bits per heavy atom. The van der Waals surface area contributed by atoms with E-state index < -0.39 is 29.1 Å². The molecule has 0 atom stereocenters. The summed E-state index contributed by atoms with van der Waals surface area (Å²) < 4.78 is 36.7. The van der Waals surface area contributed by atoms with Crippen LogP contribution >= 0.6 is 15.9 Å². The first-order chi connectivity index (χ1) is 7.23. The van der Waals surface area contributed by atoms with Crippen LogP contribution in [-0.4, -0.2) is 23.0 Å². The smallest absolute Gasteiger partial charge is 0.454 e. The molecule has 1 aromatic rings. The molecule has 0 saturated carbocycles. The van der Waals surface area contributed by atoms with Gasteiger partial charge in [-0.05, 0) is 18.2 Å². The van der Waals surface area contributed by atoms with Crippen molar-refractivity contribution in [3.63, 3.8) is 0 Å². The van der Waals surface area contributed by atoms with Crippen LogP contribution in [0.5, 0.6) is 0 Å². The van der Waals surface area contributed by atoms with Crippen molar-refractivity contribution in [3.8, 4) is 0 Å². The number of carboxylic acid groups (broad SMARTS) is 1. The van der Waals surface area contributed by atoms with Crippen molar-refractivity contribution in [3.05, 3.63) is 33.8 Å². The van der Waals surface area contributed by atoms with Crippen molar-refractivity contribution in [2.45, 2.75) is 6.18 Å². The Labute approximate surface area is 96.0 Å². The Kier molecular flexibility index (Phi) is 3.37. The largest absolute Gasteiger partial charge is 0.478 e. The lowest BCUT2D eigenvalue weighted by Gasteiger charge is -2.08. The fraction of sp³-hybridized carbons (Fsp3) is 0.111. The first-order valence-corrected chi connectivity index (χ1v) is 4.67. The number of carbonyl (C=O) groups excluding carboxylic acids is 1. The maximum atomic E-state index is 12.2. The lowest BCUT2D eigenvalue weighted by molar-refractivity contribution is -0.0885. The van der Waals surface area contributed by atoms with Gasteiger partial charge in [0.15, 0.2) is 0 Å². The molecule has 0 aliphatic rings. The summed E-state index contributed by atoms with van der Waals surface area (Å²) in [6.07, 6.45) is -5.09. The summed E-state index contributed by atoms with van der Waals surface area (Å²) in [5.74, 6) is -3.76. The number of Topliss-reactive ketones (excluding diaryl/α,β-unsaturated/α-hetero) is 1. The molecule has 0 aliphatic carbocycles. The molecule has 0 aromatic heterocycles. The molecular weight excluding hydrogens is 293 g/mol. The maximum Gasteiger partial charge on any atom is 0.454 e. The summed E-state index contributed by atoms with van der Waals surface area (Å²) in [5.41, 5.74) is -1.56. The van der Waals surface area contributed by atoms with E-state index in [4.69, 9.17) is 5.11 Å². The van der Waals surface area contributed by atoms with Crippen LogP contribution in [-0.2, 0) is 0 Å². The van der Waals surface area contributed by atoms with Crippen LogP contribution in [0.15, 0.2) is 22.7 Å². The third-order valence-corrected chi connectivity index (χ3v) is 2.21. The van der Waals surface area contributed by atoms with Crippen molar-refractivity contribution in [2.75, 3.05) is 0 Å². The zero-order valence-electron chi connectivity index (χ0n) is 7.51. The highest BCUT2D eigenvalue weighted by Crippen LogP contribution is 2.26. The molecule has 0 spiro atoms. The normalized spacial score (nSPS) is 11.2. The third-order valence-electron chi connectivity index (χ3n) is 1.71. The molecule has 0 amide bonds. The molecule has 0 aliphatic heterocycles. The number of halogens is 4. The second kappa shape index (κ2) is 4.25. The van der Waals surface area contributed by atoms with E-state index in [-0.39, 0.29) is 4.47 Å². The highest BCUT2D eigenvalue weighted by Gasteiger charge is 2.41. The van der Waals surface area contributed by atoms with E-state index in [0.29, 0.717) is 0 Å². The van der Waals surface area contributed by atoms with Crippen LogP contribution in [0.2, 0.25) is 0 Å². The van der Waals surface area contributed by atoms with Crippen molar-refractivity contribution < 1.29 is 27.9 Å². The van der Waals surface area contributed by atoms with Gasteiger partial charge in [-0.25, -0.2) is 4.79 Å². The van der Waals surface area contributed by atoms with Crippen LogP contribution < -0.4 is 0 Å². The van der Waals surface area contributed by atoms with Gasteiger partial charge in [0, 0.05) is 10.0 Å². The van der Waals surface area contributed by atoms with E-state index in [1.807, 2.05) is 0 Å². The van der Waals surface area contributed by atoms with Gasteiger partial charge in [0.2, 0.25) is 0 Å². The Bertz CT molecular complexity index is 454. The SMILES string of the molecule is O=C(O)c1ccc(Br)cc1C(=O)C(F)(F)F. The Hall–Kier alpha value is -1.37. The predicted molar refractivity (Wildman–Crippen MR) is 51.5 cm³/mol. The number of alkyl halides is 3. The van der Waals surface area contributed by atoms with Gasteiger partial charge in [0.05, 0.1) is 5.56 Å². The van der Waals surface area contributed by atoms with Crippen molar-refractivity contribution >= 4 is 27.7 Å². The van der Waals surface area contributed by atoms with E-state index in [2.05, 4.69) is 15.9 Å². The van der Waals surface area contributed by atoms with Gasteiger partial charge in [-0.2, -0.15) is 13.2 Å². The molecule has 0 radical (unpaired) electrons. The number of hydrogen-bond acceptors (Lipinski definition) is 2. The molecule has 1 N–H and O–H groups in total. The van der Waals surface area contributed by atoms with Crippen molar-refractivity contribution in [1.29, 1.82) is 0 Å². The molecule has 16 heavy (non-hydrogen) atoms. The molecule has 0 heterocycles. The average molecular weight is 297 g/mol. The second-order valence-corrected chi connectivity index (χ2v) is 3.74. The predicted octanol–water partition coefficient (Wildman–Crippen LogP) is 2.89. The van der Waals surface area contributed by atoms with Gasteiger partial charge in [0.25, 0.3) is 5.78 Å². The summed E-state index contributed by atoms with van der Waals surface area (Å²) in [4.78, 5) is 21.6. The molecule has 0 saturated heterocycles. The van der Waals surface area contributed by atoms with Gasteiger partial charge in [0.1, 0.15) is 0 Å². The fourth-order valence-corrected chi connectivity index (χ4v) is 1.40. The topological polar surface area (TPSA) is 54.4 Å². The molecule has 86 valence electrons. The van der Waals surface area contributed by atoms with Crippen molar-refractivity contribution in [1.82, 2.24) is 0 Å². The number of rotatable bonds is 2. The molecular formula is C9H4BrF3O3. The Balaban J connectivity index is 3.36. The highest BCUT2D eigenvalue weighted by atomic mass is 79.9. The van der Waals surface area contributed by atoms with Gasteiger partial charge >= 0.3 is 12.1 Å². The Morgan fingerprint density at radius 3 is 2.19 bits per heavy atom. The number of carbonyl (C=O) groups is 2. The number of aromatic carboxylic acids is 1. The number of benzene rings is 1. The first-order valence-electron chi connectivity index (χ1n) is 3.88.